The molecule has 1 aliphatic carbocycles. The molecule has 1 saturated carbocycles. The monoisotopic (exact) mass is 311 g/mol. The van der Waals surface area contributed by atoms with Crippen molar-refractivity contribution in [3.8, 4) is 0 Å². The Balaban J connectivity index is 2.39. The van der Waals surface area contributed by atoms with E-state index in [9.17, 15) is 18.3 Å². The highest BCUT2D eigenvalue weighted by Gasteiger charge is 2.32. The normalized spacial score (nSPS) is 24.3. The number of hydrogen-bond acceptors (Lipinski definition) is 3. The van der Waals surface area contributed by atoms with E-state index in [0.29, 0.717) is 19.4 Å². The summed E-state index contributed by atoms with van der Waals surface area (Å²) in [5.74, 6) is 0. The van der Waals surface area contributed by atoms with Crippen LogP contribution in [0, 0.1) is 5.41 Å². The molecule has 0 spiro atoms. The molecule has 0 aliphatic heterocycles. The van der Waals surface area contributed by atoms with Crippen LogP contribution >= 0.6 is 0 Å². The molecule has 0 aromatic carbocycles. The summed E-state index contributed by atoms with van der Waals surface area (Å²) < 4.78 is 41.5. The zero-order valence-electron chi connectivity index (χ0n) is 13.0. The second kappa shape index (κ2) is 8.34. The molecule has 0 amide bonds. The molecule has 2 atom stereocenters. The first kappa shape index (κ1) is 18.7. The van der Waals surface area contributed by atoms with Crippen LogP contribution < -0.4 is 5.32 Å². The van der Waals surface area contributed by atoms with Crippen molar-refractivity contribution in [1.82, 2.24) is 5.32 Å². The third kappa shape index (κ3) is 6.53. The average molecular weight is 311 g/mol. The van der Waals surface area contributed by atoms with E-state index in [2.05, 4.69) is 19.2 Å². The molecule has 1 fully saturated rings. The second-order valence-electron chi connectivity index (χ2n) is 6.16. The van der Waals surface area contributed by atoms with Crippen LogP contribution in [0.4, 0.5) is 13.2 Å². The Morgan fingerprint density at radius 2 is 1.86 bits per heavy atom. The topological polar surface area (TPSA) is 41.5 Å². The van der Waals surface area contributed by atoms with Gasteiger partial charge in [0.25, 0.3) is 0 Å². The van der Waals surface area contributed by atoms with Crippen LogP contribution in [0.5, 0.6) is 0 Å². The van der Waals surface area contributed by atoms with Crippen LogP contribution in [0.1, 0.15) is 52.4 Å². The highest BCUT2D eigenvalue weighted by molar-refractivity contribution is 4.84. The molecule has 1 rings (SSSR count). The van der Waals surface area contributed by atoms with Crippen molar-refractivity contribution in [2.45, 2.75) is 70.7 Å². The average Bonchev–Trinajstić information content (AvgIpc) is 2.47. The molecule has 0 heterocycles. The van der Waals surface area contributed by atoms with Gasteiger partial charge in [-0.15, -0.1) is 0 Å². The number of alkyl halides is 3. The fourth-order valence-corrected chi connectivity index (χ4v) is 2.83. The van der Waals surface area contributed by atoms with E-state index in [1.54, 1.807) is 0 Å². The predicted molar refractivity (Wildman–Crippen MR) is 76.2 cm³/mol. The first-order chi connectivity index (χ1) is 9.84. The van der Waals surface area contributed by atoms with Gasteiger partial charge in [-0.1, -0.05) is 13.8 Å². The third-order valence-electron chi connectivity index (χ3n) is 4.71. The molecule has 126 valence electrons. The lowest BCUT2D eigenvalue weighted by molar-refractivity contribution is -0.188. The van der Waals surface area contributed by atoms with E-state index in [4.69, 9.17) is 4.74 Å². The number of rotatable bonds is 8. The van der Waals surface area contributed by atoms with Crippen LogP contribution in [0.3, 0.4) is 0 Å². The van der Waals surface area contributed by atoms with E-state index < -0.39 is 12.8 Å². The van der Waals surface area contributed by atoms with Crippen molar-refractivity contribution in [3.05, 3.63) is 0 Å². The molecule has 0 aromatic rings. The predicted octanol–water partition coefficient (Wildman–Crippen LogP) is 3.26. The minimum Gasteiger partial charge on any atom is -0.396 e. The quantitative estimate of drug-likeness (QED) is 0.723. The molecule has 1 aliphatic rings. The summed E-state index contributed by atoms with van der Waals surface area (Å²) in [5, 5.41) is 13.0. The number of aliphatic hydroxyl groups excluding tert-OH is 1. The van der Waals surface area contributed by atoms with Crippen molar-refractivity contribution >= 4 is 0 Å². The Morgan fingerprint density at radius 1 is 1.19 bits per heavy atom. The fraction of sp³-hybridized carbons (Fsp3) is 1.00. The maximum atomic E-state index is 12.2. The molecule has 0 saturated heterocycles. The Bertz CT molecular complexity index is 285. The Labute approximate surface area is 125 Å². The Hall–Kier alpha value is -0.330. The Kier molecular flexibility index (Phi) is 7.44. The van der Waals surface area contributed by atoms with Crippen molar-refractivity contribution in [3.63, 3.8) is 0 Å². The van der Waals surface area contributed by atoms with Crippen molar-refractivity contribution in [1.29, 1.82) is 0 Å². The number of halogens is 3. The first-order valence-corrected chi connectivity index (χ1v) is 7.86. The van der Waals surface area contributed by atoms with Crippen molar-refractivity contribution < 1.29 is 23.0 Å². The van der Waals surface area contributed by atoms with Gasteiger partial charge in [-0.05, 0) is 38.5 Å². The van der Waals surface area contributed by atoms with Gasteiger partial charge in [0, 0.05) is 24.6 Å². The smallest absolute Gasteiger partial charge is 0.396 e. The summed E-state index contributed by atoms with van der Waals surface area (Å²) in [7, 11) is 0. The van der Waals surface area contributed by atoms with Gasteiger partial charge >= 0.3 is 6.18 Å². The number of ether oxygens (including phenoxy) is 1. The van der Waals surface area contributed by atoms with Crippen LogP contribution in [0.15, 0.2) is 0 Å². The Morgan fingerprint density at radius 3 is 2.38 bits per heavy atom. The molecular formula is C15H28F3NO2. The van der Waals surface area contributed by atoms with E-state index in [1.165, 1.54) is 0 Å². The third-order valence-corrected chi connectivity index (χ3v) is 4.71. The van der Waals surface area contributed by atoms with E-state index in [-0.39, 0.29) is 24.2 Å². The van der Waals surface area contributed by atoms with Gasteiger partial charge in [-0.2, -0.15) is 13.2 Å². The summed E-state index contributed by atoms with van der Waals surface area (Å²) in [6, 6.07) is 0.181. The molecular weight excluding hydrogens is 283 g/mol. The van der Waals surface area contributed by atoms with E-state index >= 15 is 0 Å². The first-order valence-electron chi connectivity index (χ1n) is 7.86. The van der Waals surface area contributed by atoms with Gasteiger partial charge in [0.15, 0.2) is 0 Å². The lowest BCUT2D eigenvalue weighted by Crippen LogP contribution is -2.44. The van der Waals surface area contributed by atoms with Gasteiger partial charge in [-0.3, -0.25) is 0 Å². The van der Waals surface area contributed by atoms with Crippen LogP contribution in [0.2, 0.25) is 0 Å². The zero-order chi connectivity index (χ0) is 15.9. The molecule has 21 heavy (non-hydrogen) atoms. The minimum atomic E-state index is -4.25. The van der Waals surface area contributed by atoms with E-state index in [0.717, 1.165) is 25.7 Å². The lowest BCUT2D eigenvalue weighted by Gasteiger charge is -2.35. The molecule has 6 heteroatoms. The van der Waals surface area contributed by atoms with Gasteiger partial charge in [-0.25, -0.2) is 0 Å². The van der Waals surface area contributed by atoms with Crippen LogP contribution in [-0.4, -0.2) is 43.2 Å². The molecule has 2 unspecified atom stereocenters. The SMILES string of the molecule is CCC(CC)(CO)CNC1CCCC(OCC(F)(F)F)C1. The fourth-order valence-electron chi connectivity index (χ4n) is 2.83. The summed E-state index contributed by atoms with van der Waals surface area (Å²) in [6.45, 7) is 3.78. The molecule has 0 radical (unpaired) electrons. The standard InChI is InChI=1S/C15H28F3NO2/c1-3-14(4-2,10-20)9-19-12-6-5-7-13(8-12)21-11-15(16,17)18/h12-13,19-20H,3-11H2,1-2H3. The molecule has 2 N–H and O–H groups in total. The number of aliphatic hydroxyl groups is 1. The summed E-state index contributed by atoms with van der Waals surface area (Å²) in [4.78, 5) is 0. The largest absolute Gasteiger partial charge is 0.411 e. The van der Waals surface area contributed by atoms with Gasteiger partial charge in [0.1, 0.15) is 6.61 Å². The maximum absolute atomic E-state index is 12.2. The van der Waals surface area contributed by atoms with Gasteiger partial charge < -0.3 is 15.2 Å². The summed E-state index contributed by atoms with van der Waals surface area (Å²) in [5.41, 5.74) is -0.125. The van der Waals surface area contributed by atoms with Crippen molar-refractivity contribution in [2.75, 3.05) is 19.8 Å². The minimum absolute atomic E-state index is 0.125. The summed E-state index contributed by atoms with van der Waals surface area (Å²) >= 11 is 0. The lowest BCUT2D eigenvalue weighted by atomic mass is 9.82. The highest BCUT2D eigenvalue weighted by atomic mass is 19.4. The molecule has 0 aromatic heterocycles. The van der Waals surface area contributed by atoms with Crippen LogP contribution in [0.25, 0.3) is 0 Å². The number of nitrogens with one attached hydrogen (secondary N) is 1. The van der Waals surface area contributed by atoms with Gasteiger partial charge in [0.2, 0.25) is 0 Å². The van der Waals surface area contributed by atoms with Crippen LogP contribution in [-0.2, 0) is 4.74 Å². The van der Waals surface area contributed by atoms with E-state index in [1.807, 2.05) is 0 Å². The number of hydrogen-bond donors (Lipinski definition) is 2. The summed E-state index contributed by atoms with van der Waals surface area (Å²) in [6.07, 6.45) is 0.347. The second-order valence-corrected chi connectivity index (χ2v) is 6.16. The van der Waals surface area contributed by atoms with Gasteiger partial charge in [0.05, 0.1) is 6.10 Å². The molecule has 0 bridgehead atoms. The highest BCUT2D eigenvalue weighted by Crippen LogP contribution is 2.27. The van der Waals surface area contributed by atoms with Crippen molar-refractivity contribution in [2.24, 2.45) is 5.41 Å². The zero-order valence-corrected chi connectivity index (χ0v) is 13.0. The maximum Gasteiger partial charge on any atom is 0.411 e. The molecule has 3 nitrogen and oxygen atoms in total.